The van der Waals surface area contributed by atoms with E-state index < -0.39 is 0 Å². The molecule has 0 saturated heterocycles. The van der Waals surface area contributed by atoms with Crippen LogP contribution in [0.3, 0.4) is 0 Å². The number of para-hydroxylation sites is 1. The highest BCUT2D eigenvalue weighted by molar-refractivity contribution is 6.35. The van der Waals surface area contributed by atoms with E-state index in [4.69, 9.17) is 16.0 Å². The van der Waals surface area contributed by atoms with Crippen molar-refractivity contribution < 1.29 is 9.21 Å². The van der Waals surface area contributed by atoms with E-state index in [1.807, 2.05) is 56.3 Å². The molecule has 0 aliphatic heterocycles. The number of hydrogen-bond donors (Lipinski definition) is 0. The summed E-state index contributed by atoms with van der Waals surface area (Å²) >= 11 is 6.17. The lowest BCUT2D eigenvalue weighted by Crippen LogP contribution is -2.29. The van der Waals surface area contributed by atoms with Crippen molar-refractivity contribution in [2.75, 3.05) is 7.05 Å². The molecule has 0 aliphatic rings. The average molecular weight is 328 g/mol. The molecule has 1 heterocycles. The number of carbonyl (C=O) groups is 1. The first-order valence-corrected chi connectivity index (χ1v) is 7.88. The molecular weight excluding hydrogens is 310 g/mol. The molecule has 0 N–H and O–H groups in total. The number of fused-ring (bicyclic) bond motifs is 1. The van der Waals surface area contributed by atoms with E-state index in [-0.39, 0.29) is 11.9 Å². The molecule has 0 radical (unpaired) electrons. The molecular formula is C19H18ClNO2. The lowest BCUT2D eigenvalue weighted by Gasteiger charge is -2.24. The smallest absolute Gasteiger partial charge is 0.290 e. The van der Waals surface area contributed by atoms with E-state index in [1.54, 1.807) is 18.0 Å². The third-order valence-corrected chi connectivity index (χ3v) is 4.59. The molecule has 0 fully saturated rings. The first-order valence-electron chi connectivity index (χ1n) is 7.50. The molecule has 1 amide bonds. The van der Waals surface area contributed by atoms with Gasteiger partial charge in [-0.05, 0) is 25.5 Å². The van der Waals surface area contributed by atoms with Gasteiger partial charge in [0, 0.05) is 18.0 Å². The SMILES string of the molecule is Cc1c(C(=O)N(C)C(C)c2ccccc2)oc2c(Cl)cccc12. The maximum absolute atomic E-state index is 12.9. The normalized spacial score (nSPS) is 12.3. The molecule has 0 saturated carbocycles. The summed E-state index contributed by atoms with van der Waals surface area (Å²) in [6, 6.07) is 15.4. The summed E-state index contributed by atoms with van der Waals surface area (Å²) in [6.45, 7) is 3.88. The van der Waals surface area contributed by atoms with Crippen molar-refractivity contribution >= 4 is 28.5 Å². The van der Waals surface area contributed by atoms with E-state index >= 15 is 0 Å². The quantitative estimate of drug-likeness (QED) is 0.660. The van der Waals surface area contributed by atoms with Crippen LogP contribution in [-0.4, -0.2) is 17.9 Å². The molecule has 0 bridgehead atoms. The van der Waals surface area contributed by atoms with Gasteiger partial charge in [-0.15, -0.1) is 0 Å². The van der Waals surface area contributed by atoms with Crippen molar-refractivity contribution in [2.24, 2.45) is 0 Å². The molecule has 118 valence electrons. The zero-order valence-corrected chi connectivity index (χ0v) is 14.1. The molecule has 0 aliphatic carbocycles. The van der Waals surface area contributed by atoms with Crippen LogP contribution in [0.5, 0.6) is 0 Å². The molecule has 23 heavy (non-hydrogen) atoms. The van der Waals surface area contributed by atoms with Crippen LogP contribution in [0.2, 0.25) is 5.02 Å². The number of furan rings is 1. The maximum Gasteiger partial charge on any atom is 0.290 e. The van der Waals surface area contributed by atoms with Crippen LogP contribution < -0.4 is 0 Å². The third-order valence-electron chi connectivity index (χ3n) is 4.29. The number of rotatable bonds is 3. The van der Waals surface area contributed by atoms with Gasteiger partial charge in [0.25, 0.3) is 5.91 Å². The summed E-state index contributed by atoms with van der Waals surface area (Å²) in [5.41, 5.74) is 2.46. The van der Waals surface area contributed by atoms with Crippen molar-refractivity contribution in [3.8, 4) is 0 Å². The summed E-state index contributed by atoms with van der Waals surface area (Å²) in [5, 5.41) is 1.39. The summed E-state index contributed by atoms with van der Waals surface area (Å²) < 4.78 is 5.78. The molecule has 3 nitrogen and oxygen atoms in total. The number of carbonyl (C=O) groups excluding carboxylic acids is 1. The summed E-state index contributed by atoms with van der Waals surface area (Å²) in [7, 11) is 1.79. The molecule has 1 aromatic heterocycles. The van der Waals surface area contributed by atoms with Crippen LogP contribution in [0, 0.1) is 6.92 Å². The number of halogens is 1. The van der Waals surface area contributed by atoms with Crippen LogP contribution in [0.25, 0.3) is 11.0 Å². The Bertz CT molecular complexity index is 854. The zero-order chi connectivity index (χ0) is 16.6. The van der Waals surface area contributed by atoms with Gasteiger partial charge in [0.1, 0.15) is 0 Å². The van der Waals surface area contributed by atoms with Gasteiger partial charge in [-0.3, -0.25) is 4.79 Å². The van der Waals surface area contributed by atoms with Gasteiger partial charge >= 0.3 is 0 Å². The van der Waals surface area contributed by atoms with Crippen LogP contribution in [-0.2, 0) is 0 Å². The van der Waals surface area contributed by atoms with E-state index in [2.05, 4.69) is 0 Å². The average Bonchev–Trinajstić information content (AvgIpc) is 2.92. The second-order valence-electron chi connectivity index (χ2n) is 5.68. The molecule has 3 rings (SSSR count). The van der Waals surface area contributed by atoms with Crippen LogP contribution in [0.15, 0.2) is 52.9 Å². The van der Waals surface area contributed by atoms with Crippen molar-refractivity contribution in [1.29, 1.82) is 0 Å². The molecule has 0 spiro atoms. The lowest BCUT2D eigenvalue weighted by atomic mass is 10.1. The van der Waals surface area contributed by atoms with Gasteiger partial charge in [0.15, 0.2) is 11.3 Å². The van der Waals surface area contributed by atoms with Crippen LogP contribution >= 0.6 is 11.6 Å². The highest BCUT2D eigenvalue weighted by Crippen LogP contribution is 2.32. The Labute approximate surface area is 140 Å². The topological polar surface area (TPSA) is 33.5 Å². The minimum atomic E-state index is -0.147. The molecule has 1 unspecified atom stereocenters. The van der Waals surface area contributed by atoms with Gasteiger partial charge in [-0.2, -0.15) is 0 Å². The second kappa shape index (κ2) is 6.09. The largest absolute Gasteiger partial charge is 0.449 e. The summed E-state index contributed by atoms with van der Waals surface area (Å²) in [4.78, 5) is 14.5. The maximum atomic E-state index is 12.9. The van der Waals surface area contributed by atoms with Gasteiger partial charge in [-0.1, -0.05) is 54.1 Å². The van der Waals surface area contributed by atoms with E-state index in [0.29, 0.717) is 16.4 Å². The van der Waals surface area contributed by atoms with Crippen molar-refractivity contribution in [2.45, 2.75) is 19.9 Å². The molecule has 2 aromatic carbocycles. The van der Waals surface area contributed by atoms with E-state index in [0.717, 1.165) is 16.5 Å². The van der Waals surface area contributed by atoms with Gasteiger partial charge in [0.2, 0.25) is 0 Å². The van der Waals surface area contributed by atoms with Gasteiger partial charge in [0.05, 0.1) is 11.1 Å². The minimum absolute atomic E-state index is 0.0493. The number of nitrogens with zero attached hydrogens (tertiary/aromatic N) is 1. The first-order chi connectivity index (χ1) is 11.0. The van der Waals surface area contributed by atoms with Gasteiger partial charge in [-0.25, -0.2) is 0 Å². The number of aryl methyl sites for hydroxylation is 1. The monoisotopic (exact) mass is 327 g/mol. The number of hydrogen-bond acceptors (Lipinski definition) is 2. The Balaban J connectivity index is 1.97. The lowest BCUT2D eigenvalue weighted by molar-refractivity contribution is 0.0712. The number of benzene rings is 2. The predicted octanol–water partition coefficient (Wildman–Crippen LogP) is 5.23. The minimum Gasteiger partial charge on any atom is -0.449 e. The molecule has 1 atom stereocenters. The van der Waals surface area contributed by atoms with E-state index in [1.165, 1.54) is 0 Å². The third kappa shape index (κ3) is 2.73. The Morgan fingerprint density at radius 2 is 1.83 bits per heavy atom. The second-order valence-corrected chi connectivity index (χ2v) is 6.08. The van der Waals surface area contributed by atoms with Crippen LogP contribution in [0.4, 0.5) is 0 Å². The van der Waals surface area contributed by atoms with Gasteiger partial charge < -0.3 is 9.32 Å². The van der Waals surface area contributed by atoms with Crippen molar-refractivity contribution in [3.63, 3.8) is 0 Å². The highest BCUT2D eigenvalue weighted by atomic mass is 35.5. The molecule has 3 aromatic rings. The highest BCUT2D eigenvalue weighted by Gasteiger charge is 2.25. The Kier molecular flexibility index (Phi) is 4.14. The predicted molar refractivity (Wildman–Crippen MR) is 92.9 cm³/mol. The van der Waals surface area contributed by atoms with Crippen molar-refractivity contribution in [3.05, 3.63) is 70.4 Å². The standard InChI is InChI=1S/C19H18ClNO2/c1-12-15-10-7-11-16(20)18(15)23-17(12)19(22)21(3)13(2)14-8-5-4-6-9-14/h4-11,13H,1-3H3. The molecule has 4 heteroatoms. The zero-order valence-electron chi connectivity index (χ0n) is 13.3. The number of amides is 1. The fourth-order valence-electron chi connectivity index (χ4n) is 2.70. The van der Waals surface area contributed by atoms with Crippen LogP contribution in [0.1, 0.15) is 34.6 Å². The summed E-state index contributed by atoms with van der Waals surface area (Å²) in [5.74, 6) is 0.199. The summed E-state index contributed by atoms with van der Waals surface area (Å²) in [6.07, 6.45) is 0. The Hall–Kier alpha value is -2.26. The van der Waals surface area contributed by atoms with Crippen molar-refractivity contribution in [1.82, 2.24) is 4.90 Å². The Morgan fingerprint density at radius 3 is 2.48 bits per heavy atom. The van der Waals surface area contributed by atoms with E-state index in [9.17, 15) is 4.79 Å². The first kappa shape index (κ1) is 15.6. The fourth-order valence-corrected chi connectivity index (χ4v) is 2.92. The fraction of sp³-hybridized carbons (Fsp3) is 0.211. The Morgan fingerprint density at radius 1 is 1.13 bits per heavy atom.